The first kappa shape index (κ1) is 15.4. The molecule has 3 fully saturated rings. The Balaban J connectivity index is 2.11. The van der Waals surface area contributed by atoms with E-state index in [-0.39, 0.29) is 31.3 Å². The van der Waals surface area contributed by atoms with Crippen LogP contribution >= 0.6 is 0 Å². The Kier molecular flexibility index (Phi) is 3.14. The van der Waals surface area contributed by atoms with Gasteiger partial charge < -0.3 is 30.3 Å². The third kappa shape index (κ3) is 1.69. The number of hydrogen-bond acceptors (Lipinski definition) is 6. The van der Waals surface area contributed by atoms with Crippen molar-refractivity contribution < 1.29 is 30.3 Å². The molecule has 0 aromatic rings. The van der Waals surface area contributed by atoms with E-state index in [0.29, 0.717) is 5.57 Å². The SMILES string of the molecule is C=C1CO[C@@]2(O)C[C@@H](C)[C@@H]3C[C@@H](O)[C@](C)(O)[C@H](O)[C@H]3[C@@]12O. The van der Waals surface area contributed by atoms with E-state index in [2.05, 4.69) is 6.58 Å². The van der Waals surface area contributed by atoms with Crippen LogP contribution in [0.3, 0.4) is 0 Å². The van der Waals surface area contributed by atoms with E-state index in [0.717, 1.165) is 0 Å². The van der Waals surface area contributed by atoms with Crippen LogP contribution in [0.5, 0.6) is 0 Å². The molecule has 0 aromatic heterocycles. The Bertz CT molecular complexity index is 475. The first-order valence-corrected chi connectivity index (χ1v) is 7.41. The quantitative estimate of drug-likeness (QED) is 0.372. The van der Waals surface area contributed by atoms with Crippen LogP contribution in [0.15, 0.2) is 12.2 Å². The fourth-order valence-corrected chi connectivity index (χ4v) is 4.56. The fourth-order valence-electron chi connectivity index (χ4n) is 4.56. The van der Waals surface area contributed by atoms with Crippen LogP contribution in [0.25, 0.3) is 0 Å². The van der Waals surface area contributed by atoms with Crippen molar-refractivity contribution in [1.29, 1.82) is 0 Å². The third-order valence-electron chi connectivity index (χ3n) is 6.00. The van der Waals surface area contributed by atoms with Gasteiger partial charge in [-0.25, -0.2) is 0 Å². The summed E-state index contributed by atoms with van der Waals surface area (Å²) in [5.41, 5.74) is -3.26. The molecule has 2 aliphatic carbocycles. The molecule has 3 rings (SSSR count). The molecule has 21 heavy (non-hydrogen) atoms. The van der Waals surface area contributed by atoms with Crippen LogP contribution in [0.2, 0.25) is 0 Å². The second-order valence-electron chi connectivity index (χ2n) is 7.24. The smallest absolute Gasteiger partial charge is 0.199 e. The summed E-state index contributed by atoms with van der Waals surface area (Å²) in [5.74, 6) is -2.95. The molecule has 5 N–H and O–H groups in total. The summed E-state index contributed by atoms with van der Waals surface area (Å²) in [6.45, 7) is 7.03. The first-order valence-electron chi connectivity index (χ1n) is 7.41. The molecule has 6 nitrogen and oxygen atoms in total. The molecule has 0 amide bonds. The van der Waals surface area contributed by atoms with Crippen molar-refractivity contribution in [1.82, 2.24) is 0 Å². The lowest BCUT2D eigenvalue weighted by molar-refractivity contribution is -0.331. The normalized spacial score (nSPS) is 60.5. The monoisotopic (exact) mass is 300 g/mol. The van der Waals surface area contributed by atoms with Crippen LogP contribution < -0.4 is 0 Å². The maximum atomic E-state index is 11.1. The Labute approximate surface area is 123 Å². The van der Waals surface area contributed by atoms with Crippen molar-refractivity contribution in [2.75, 3.05) is 6.61 Å². The van der Waals surface area contributed by atoms with Gasteiger partial charge in [0, 0.05) is 12.3 Å². The highest BCUT2D eigenvalue weighted by Gasteiger charge is 2.71. The Morgan fingerprint density at radius 1 is 1.24 bits per heavy atom. The number of aliphatic hydroxyl groups is 5. The van der Waals surface area contributed by atoms with E-state index in [1.54, 1.807) is 0 Å². The maximum absolute atomic E-state index is 11.1. The summed E-state index contributed by atoms with van der Waals surface area (Å²) in [6, 6.07) is 0. The fraction of sp³-hybridized carbons (Fsp3) is 0.867. The molecular weight excluding hydrogens is 276 g/mol. The largest absolute Gasteiger partial charge is 0.390 e. The minimum absolute atomic E-state index is 0.0142. The lowest BCUT2D eigenvalue weighted by Gasteiger charge is -2.59. The summed E-state index contributed by atoms with van der Waals surface area (Å²) >= 11 is 0. The van der Waals surface area contributed by atoms with Crippen LogP contribution in [0.4, 0.5) is 0 Å². The molecule has 1 aliphatic heterocycles. The number of hydrogen-bond donors (Lipinski definition) is 5. The standard InChI is InChI=1S/C15H24O6/c1-7-5-14(19)15(20,8(2)6-21-14)11-9(7)4-10(16)13(3,18)12(11)17/h7,9-12,16-20H,2,4-6H2,1,3H3/t7-,9+,10-,11+,12-,13+,14+,15+/m1/s1. The molecule has 120 valence electrons. The highest BCUT2D eigenvalue weighted by molar-refractivity contribution is 5.31. The molecule has 0 unspecified atom stereocenters. The van der Waals surface area contributed by atoms with Gasteiger partial charge in [0.05, 0.1) is 18.8 Å². The molecular formula is C15H24O6. The summed E-state index contributed by atoms with van der Waals surface area (Å²) < 4.78 is 5.37. The summed E-state index contributed by atoms with van der Waals surface area (Å²) in [5, 5.41) is 52.9. The summed E-state index contributed by atoms with van der Waals surface area (Å²) in [4.78, 5) is 0. The van der Waals surface area contributed by atoms with Gasteiger partial charge in [0.1, 0.15) is 11.2 Å². The lowest BCUT2D eigenvalue weighted by atomic mass is 9.52. The maximum Gasteiger partial charge on any atom is 0.199 e. The molecule has 0 aromatic carbocycles. The molecule has 0 radical (unpaired) electrons. The van der Waals surface area contributed by atoms with Gasteiger partial charge in [-0.15, -0.1) is 0 Å². The first-order chi connectivity index (χ1) is 9.55. The van der Waals surface area contributed by atoms with E-state index >= 15 is 0 Å². The van der Waals surface area contributed by atoms with E-state index in [1.807, 2.05) is 6.92 Å². The minimum Gasteiger partial charge on any atom is -0.390 e. The zero-order chi connectivity index (χ0) is 15.8. The number of fused-ring (bicyclic) bond motifs is 3. The van der Waals surface area contributed by atoms with Gasteiger partial charge in [0.15, 0.2) is 5.79 Å². The lowest BCUT2D eigenvalue weighted by Crippen LogP contribution is -2.72. The number of ether oxygens (including phenoxy) is 1. The molecule has 3 aliphatic rings. The zero-order valence-electron chi connectivity index (χ0n) is 12.4. The van der Waals surface area contributed by atoms with Crippen molar-refractivity contribution in [3.63, 3.8) is 0 Å². The van der Waals surface area contributed by atoms with Crippen molar-refractivity contribution in [3.05, 3.63) is 12.2 Å². The zero-order valence-corrected chi connectivity index (χ0v) is 12.4. The third-order valence-corrected chi connectivity index (χ3v) is 6.00. The Morgan fingerprint density at radius 2 is 1.86 bits per heavy atom. The molecule has 1 saturated heterocycles. The molecule has 2 saturated carbocycles. The Morgan fingerprint density at radius 3 is 2.48 bits per heavy atom. The predicted octanol–water partition coefficient (Wildman–Crippen LogP) is -0.859. The Hall–Kier alpha value is -0.500. The van der Waals surface area contributed by atoms with Crippen molar-refractivity contribution in [2.24, 2.45) is 17.8 Å². The average molecular weight is 300 g/mol. The minimum atomic E-state index is -1.81. The highest BCUT2D eigenvalue weighted by Crippen LogP contribution is 2.59. The predicted molar refractivity (Wildman–Crippen MR) is 73.0 cm³/mol. The van der Waals surface area contributed by atoms with E-state index in [9.17, 15) is 25.5 Å². The molecule has 8 atom stereocenters. The van der Waals surface area contributed by atoms with Crippen molar-refractivity contribution >= 4 is 0 Å². The molecule has 0 bridgehead atoms. The van der Waals surface area contributed by atoms with Gasteiger partial charge in [0.2, 0.25) is 0 Å². The van der Waals surface area contributed by atoms with Gasteiger partial charge in [-0.3, -0.25) is 0 Å². The van der Waals surface area contributed by atoms with Crippen LogP contribution in [-0.2, 0) is 4.74 Å². The number of rotatable bonds is 0. The summed E-state index contributed by atoms with van der Waals surface area (Å²) in [7, 11) is 0. The van der Waals surface area contributed by atoms with Crippen LogP contribution in [-0.4, -0.2) is 61.3 Å². The van der Waals surface area contributed by atoms with E-state index < -0.39 is 35.1 Å². The van der Waals surface area contributed by atoms with Gasteiger partial charge in [-0.2, -0.15) is 0 Å². The van der Waals surface area contributed by atoms with Gasteiger partial charge in [-0.1, -0.05) is 13.5 Å². The summed E-state index contributed by atoms with van der Waals surface area (Å²) in [6.07, 6.45) is -2.02. The molecule has 1 heterocycles. The van der Waals surface area contributed by atoms with Crippen LogP contribution in [0, 0.1) is 17.8 Å². The molecule has 0 spiro atoms. The van der Waals surface area contributed by atoms with E-state index in [4.69, 9.17) is 4.74 Å². The average Bonchev–Trinajstić information content (AvgIpc) is 2.61. The van der Waals surface area contributed by atoms with Gasteiger partial charge in [-0.05, 0) is 30.8 Å². The van der Waals surface area contributed by atoms with Gasteiger partial charge in [0.25, 0.3) is 0 Å². The van der Waals surface area contributed by atoms with Crippen LogP contribution in [0.1, 0.15) is 26.7 Å². The number of aliphatic hydroxyl groups excluding tert-OH is 2. The molecule has 6 heteroatoms. The van der Waals surface area contributed by atoms with Crippen molar-refractivity contribution in [2.45, 2.75) is 55.9 Å². The van der Waals surface area contributed by atoms with E-state index in [1.165, 1.54) is 6.92 Å². The highest BCUT2D eigenvalue weighted by atomic mass is 16.6. The second-order valence-corrected chi connectivity index (χ2v) is 7.24. The van der Waals surface area contributed by atoms with Crippen molar-refractivity contribution in [3.8, 4) is 0 Å². The topological polar surface area (TPSA) is 110 Å². The second kappa shape index (κ2) is 4.28. The van der Waals surface area contributed by atoms with Gasteiger partial charge >= 0.3 is 0 Å².